The Hall–Kier alpha value is -1.80. The van der Waals surface area contributed by atoms with Gasteiger partial charge in [0.05, 0.1) is 12.5 Å². The van der Waals surface area contributed by atoms with Gasteiger partial charge in [-0.15, -0.1) is 16.4 Å². The van der Waals surface area contributed by atoms with E-state index in [4.69, 9.17) is 4.74 Å². The zero-order valence-corrected chi connectivity index (χ0v) is 15.6. The largest absolute Gasteiger partial charge is 0.369 e. The van der Waals surface area contributed by atoms with Gasteiger partial charge >= 0.3 is 0 Å². The van der Waals surface area contributed by atoms with Gasteiger partial charge in [-0.25, -0.2) is 4.68 Å². The predicted octanol–water partition coefficient (Wildman–Crippen LogP) is 2.09. The van der Waals surface area contributed by atoms with Gasteiger partial charge in [0, 0.05) is 24.5 Å². The van der Waals surface area contributed by atoms with Crippen LogP contribution in [0.2, 0.25) is 0 Å². The summed E-state index contributed by atoms with van der Waals surface area (Å²) in [6.07, 6.45) is 5.66. The van der Waals surface area contributed by atoms with Gasteiger partial charge in [0.15, 0.2) is 5.82 Å². The van der Waals surface area contributed by atoms with Gasteiger partial charge < -0.3 is 9.64 Å². The maximum atomic E-state index is 13.2. The number of nitrogens with zero attached hydrogens (tertiary/aromatic N) is 5. The number of likely N-dealkylation sites (tertiary alicyclic amines) is 1. The molecule has 2 aromatic heterocycles. The first-order valence-electron chi connectivity index (χ1n) is 9.52. The van der Waals surface area contributed by atoms with Crippen molar-refractivity contribution >= 4 is 17.2 Å². The monoisotopic (exact) mass is 373 g/mol. The van der Waals surface area contributed by atoms with Crippen LogP contribution in [-0.2, 0) is 28.1 Å². The number of aromatic nitrogens is 4. The Morgan fingerprint density at radius 2 is 2.15 bits per heavy atom. The molecular formula is C18H23N5O2S. The second kappa shape index (κ2) is 6.42. The van der Waals surface area contributed by atoms with Crippen LogP contribution in [0, 0.1) is 0 Å². The molecule has 1 fully saturated rings. The number of thiophene rings is 1. The number of fused-ring (bicyclic) bond motifs is 3. The lowest BCUT2D eigenvalue weighted by molar-refractivity contribution is -0.142. The summed E-state index contributed by atoms with van der Waals surface area (Å²) in [6, 6.07) is 2.23. The maximum absolute atomic E-state index is 13.2. The Labute approximate surface area is 156 Å². The smallest absolute Gasteiger partial charge is 0.233 e. The van der Waals surface area contributed by atoms with E-state index in [1.54, 1.807) is 11.3 Å². The first-order chi connectivity index (χ1) is 12.8. The summed E-state index contributed by atoms with van der Waals surface area (Å²) >= 11 is 1.80. The van der Waals surface area contributed by atoms with Crippen LogP contribution in [0.25, 0.3) is 0 Å². The molecule has 5 rings (SSSR count). The van der Waals surface area contributed by atoms with Crippen molar-refractivity contribution in [2.45, 2.75) is 56.6 Å². The van der Waals surface area contributed by atoms with Gasteiger partial charge in [-0.05, 0) is 59.5 Å². The first kappa shape index (κ1) is 16.4. The molecule has 5 heterocycles. The third kappa shape index (κ3) is 2.58. The molecule has 1 spiro atoms. The van der Waals surface area contributed by atoms with E-state index in [9.17, 15) is 4.79 Å². The normalized spacial score (nSPS) is 24.8. The van der Waals surface area contributed by atoms with Gasteiger partial charge in [0.1, 0.15) is 5.60 Å². The molecule has 0 aromatic carbocycles. The van der Waals surface area contributed by atoms with Crippen LogP contribution in [0.3, 0.4) is 0 Å². The molecule has 1 unspecified atom stereocenters. The van der Waals surface area contributed by atoms with Crippen LogP contribution >= 0.6 is 11.3 Å². The molecule has 0 bridgehead atoms. The molecule has 0 saturated carbocycles. The Balaban J connectivity index is 1.33. The first-order valence-corrected chi connectivity index (χ1v) is 10.4. The molecule has 1 atom stereocenters. The minimum absolute atomic E-state index is 0.177. The number of rotatable bonds is 1. The summed E-state index contributed by atoms with van der Waals surface area (Å²) in [4.78, 5) is 16.6. The summed E-state index contributed by atoms with van der Waals surface area (Å²) in [5.74, 6) is 0.716. The van der Waals surface area contributed by atoms with E-state index < -0.39 is 0 Å². The molecule has 0 aliphatic carbocycles. The van der Waals surface area contributed by atoms with Crippen LogP contribution in [-0.4, -0.2) is 50.7 Å². The second-order valence-electron chi connectivity index (χ2n) is 7.50. The van der Waals surface area contributed by atoms with Gasteiger partial charge in [-0.3, -0.25) is 4.79 Å². The van der Waals surface area contributed by atoms with E-state index in [1.807, 2.05) is 9.58 Å². The lowest BCUT2D eigenvalue weighted by atomic mass is 9.85. The SMILES string of the molecule is O=C(C1CCCCn2nnnc21)N1CCC2(CC1)OCCc1ccsc12. The van der Waals surface area contributed by atoms with Gasteiger partial charge in [-0.1, -0.05) is 6.42 Å². The fraction of sp³-hybridized carbons (Fsp3) is 0.667. The van der Waals surface area contributed by atoms with Crippen LogP contribution in [0.15, 0.2) is 11.4 Å². The fourth-order valence-electron chi connectivity index (χ4n) is 4.63. The molecule has 138 valence electrons. The predicted molar refractivity (Wildman–Crippen MR) is 95.9 cm³/mol. The maximum Gasteiger partial charge on any atom is 0.233 e. The third-order valence-electron chi connectivity index (χ3n) is 6.08. The van der Waals surface area contributed by atoms with E-state index in [0.717, 1.165) is 70.6 Å². The van der Waals surface area contributed by atoms with Gasteiger partial charge in [0.2, 0.25) is 5.91 Å². The number of tetrazole rings is 1. The summed E-state index contributed by atoms with van der Waals surface area (Å²) in [7, 11) is 0. The van der Waals surface area contributed by atoms with Crippen molar-refractivity contribution in [3.63, 3.8) is 0 Å². The Bertz CT molecular complexity index is 808. The number of hydrogen-bond acceptors (Lipinski definition) is 6. The Morgan fingerprint density at radius 1 is 1.27 bits per heavy atom. The highest BCUT2D eigenvalue weighted by Gasteiger charge is 2.44. The highest BCUT2D eigenvalue weighted by Crippen LogP contribution is 2.44. The van der Waals surface area contributed by atoms with Crippen molar-refractivity contribution in [3.05, 3.63) is 27.7 Å². The van der Waals surface area contributed by atoms with Gasteiger partial charge in [-0.2, -0.15) is 0 Å². The highest BCUT2D eigenvalue weighted by atomic mass is 32.1. The van der Waals surface area contributed by atoms with Crippen molar-refractivity contribution in [3.8, 4) is 0 Å². The highest BCUT2D eigenvalue weighted by molar-refractivity contribution is 7.10. The topological polar surface area (TPSA) is 73.1 Å². The summed E-state index contributed by atoms with van der Waals surface area (Å²) in [5, 5.41) is 14.2. The molecule has 26 heavy (non-hydrogen) atoms. The molecule has 7 nitrogen and oxygen atoms in total. The van der Waals surface area contributed by atoms with Crippen LogP contribution in [0.5, 0.6) is 0 Å². The van der Waals surface area contributed by atoms with Crippen molar-refractivity contribution in [2.24, 2.45) is 0 Å². The van der Waals surface area contributed by atoms with Gasteiger partial charge in [0.25, 0.3) is 0 Å². The molecule has 3 aliphatic heterocycles. The van der Waals surface area contributed by atoms with Crippen LogP contribution in [0.1, 0.15) is 54.3 Å². The summed E-state index contributed by atoms with van der Waals surface area (Å²) in [6.45, 7) is 3.09. The second-order valence-corrected chi connectivity index (χ2v) is 8.42. The van der Waals surface area contributed by atoms with Crippen molar-refractivity contribution in [1.82, 2.24) is 25.1 Å². The van der Waals surface area contributed by atoms with E-state index in [2.05, 4.69) is 27.0 Å². The number of aryl methyl sites for hydroxylation is 1. The van der Waals surface area contributed by atoms with E-state index in [0.29, 0.717) is 0 Å². The summed E-state index contributed by atoms with van der Waals surface area (Å²) < 4.78 is 8.07. The van der Waals surface area contributed by atoms with Crippen molar-refractivity contribution < 1.29 is 9.53 Å². The number of ether oxygens (including phenoxy) is 1. The lowest BCUT2D eigenvalue weighted by Gasteiger charge is -2.44. The lowest BCUT2D eigenvalue weighted by Crippen LogP contribution is -2.49. The van der Waals surface area contributed by atoms with E-state index in [1.165, 1.54) is 10.4 Å². The van der Waals surface area contributed by atoms with Crippen LogP contribution < -0.4 is 0 Å². The molecule has 1 amide bonds. The Morgan fingerprint density at radius 3 is 3.04 bits per heavy atom. The van der Waals surface area contributed by atoms with E-state index >= 15 is 0 Å². The minimum atomic E-state index is -0.203. The Kier molecular flexibility index (Phi) is 4.04. The molecule has 3 aliphatic rings. The fourth-order valence-corrected chi connectivity index (χ4v) is 5.80. The molecule has 0 radical (unpaired) electrons. The number of amides is 1. The number of carbonyl (C=O) groups is 1. The van der Waals surface area contributed by atoms with Crippen molar-refractivity contribution in [2.75, 3.05) is 19.7 Å². The number of hydrogen-bond donors (Lipinski definition) is 0. The average molecular weight is 373 g/mol. The number of carbonyl (C=O) groups excluding carboxylic acids is 1. The molecular weight excluding hydrogens is 350 g/mol. The quantitative estimate of drug-likeness (QED) is 0.765. The molecule has 0 N–H and O–H groups in total. The standard InChI is InChI=1S/C18H23N5O2S/c24-17(14-3-1-2-8-23-16(14)19-20-21-23)22-9-6-18(7-10-22)15-13(4-11-25-18)5-12-26-15/h5,12,14H,1-4,6-11H2. The van der Waals surface area contributed by atoms with E-state index in [-0.39, 0.29) is 17.4 Å². The van der Waals surface area contributed by atoms with Crippen LogP contribution in [0.4, 0.5) is 0 Å². The molecule has 1 saturated heterocycles. The molecule has 8 heteroatoms. The molecule has 2 aromatic rings. The third-order valence-corrected chi connectivity index (χ3v) is 7.22. The average Bonchev–Trinajstić information content (AvgIpc) is 3.29. The van der Waals surface area contributed by atoms with Crippen molar-refractivity contribution in [1.29, 1.82) is 0 Å². The summed E-state index contributed by atoms with van der Waals surface area (Å²) in [5.41, 5.74) is 1.26. The minimum Gasteiger partial charge on any atom is -0.369 e. The zero-order valence-electron chi connectivity index (χ0n) is 14.8. The number of piperidine rings is 1. The zero-order chi connectivity index (χ0) is 17.6.